The van der Waals surface area contributed by atoms with Gasteiger partial charge in [-0.3, -0.25) is 4.79 Å². The Labute approximate surface area is 107 Å². The number of aromatic nitrogens is 4. The van der Waals surface area contributed by atoms with Crippen LogP contribution in [-0.2, 0) is 17.8 Å². The van der Waals surface area contributed by atoms with E-state index < -0.39 is 17.5 Å². The number of carbonyl (C=O) groups is 1. The highest BCUT2D eigenvalue weighted by Gasteiger charge is 2.11. The minimum absolute atomic E-state index is 0.161. The van der Waals surface area contributed by atoms with Crippen LogP contribution in [0.2, 0.25) is 0 Å². The van der Waals surface area contributed by atoms with Crippen molar-refractivity contribution in [2.75, 3.05) is 5.32 Å². The van der Waals surface area contributed by atoms with Crippen LogP contribution in [0.3, 0.4) is 0 Å². The van der Waals surface area contributed by atoms with E-state index in [0.29, 0.717) is 12.2 Å². The minimum atomic E-state index is -0.706. The monoisotopic (exact) mass is 267 g/mol. The first-order chi connectivity index (χ1) is 9.10. The zero-order valence-corrected chi connectivity index (χ0v) is 10.1. The lowest BCUT2D eigenvalue weighted by Crippen LogP contribution is -2.21. The summed E-state index contributed by atoms with van der Waals surface area (Å²) < 4.78 is 27.6. The molecule has 2 rings (SSSR count). The van der Waals surface area contributed by atoms with Crippen LogP contribution in [0.15, 0.2) is 18.2 Å². The van der Waals surface area contributed by atoms with E-state index in [2.05, 4.69) is 20.8 Å². The number of carbonyl (C=O) groups excluding carboxylic acids is 1. The second-order valence-electron chi connectivity index (χ2n) is 3.78. The van der Waals surface area contributed by atoms with E-state index >= 15 is 0 Å². The fourth-order valence-corrected chi connectivity index (χ4v) is 1.52. The molecule has 1 N–H and O–H groups in total. The Hall–Kier alpha value is -2.38. The molecular formula is C11H11F2N5O. The molecule has 0 atom stereocenters. The number of nitrogens with zero attached hydrogens (tertiary/aromatic N) is 4. The summed E-state index contributed by atoms with van der Waals surface area (Å²) >= 11 is 0. The molecule has 0 saturated heterocycles. The maximum atomic E-state index is 13.3. The van der Waals surface area contributed by atoms with Gasteiger partial charge in [0, 0.05) is 12.5 Å². The molecule has 1 heterocycles. The Bertz CT molecular complexity index is 599. The van der Waals surface area contributed by atoms with Gasteiger partial charge in [-0.15, -0.1) is 5.10 Å². The summed E-state index contributed by atoms with van der Waals surface area (Å²) in [4.78, 5) is 11.7. The highest BCUT2D eigenvalue weighted by atomic mass is 19.1. The predicted octanol–water partition coefficient (Wildman–Crippen LogP) is 1.15. The second-order valence-corrected chi connectivity index (χ2v) is 3.78. The molecule has 0 aliphatic carbocycles. The van der Waals surface area contributed by atoms with Gasteiger partial charge < -0.3 is 5.32 Å². The van der Waals surface area contributed by atoms with Crippen LogP contribution in [0, 0.1) is 11.6 Å². The zero-order chi connectivity index (χ0) is 13.8. The number of amides is 1. The number of anilines is 1. The molecule has 100 valence electrons. The quantitative estimate of drug-likeness (QED) is 0.902. The lowest BCUT2D eigenvalue weighted by atomic mass is 10.3. The highest BCUT2D eigenvalue weighted by Crippen LogP contribution is 2.15. The van der Waals surface area contributed by atoms with Gasteiger partial charge in [0.05, 0.1) is 5.69 Å². The number of halogens is 2. The van der Waals surface area contributed by atoms with Crippen LogP contribution in [0.5, 0.6) is 0 Å². The van der Waals surface area contributed by atoms with Crippen LogP contribution >= 0.6 is 0 Å². The molecule has 0 spiro atoms. The third kappa shape index (κ3) is 3.09. The predicted molar refractivity (Wildman–Crippen MR) is 62.2 cm³/mol. The largest absolute Gasteiger partial charge is 0.322 e. The molecule has 1 aromatic heterocycles. The third-order valence-electron chi connectivity index (χ3n) is 2.42. The smallest absolute Gasteiger partial charge is 0.246 e. The topological polar surface area (TPSA) is 72.7 Å². The second kappa shape index (κ2) is 5.51. The minimum Gasteiger partial charge on any atom is -0.322 e. The first-order valence-corrected chi connectivity index (χ1v) is 5.60. The number of hydrogen-bond acceptors (Lipinski definition) is 4. The molecular weight excluding hydrogens is 256 g/mol. The van der Waals surface area contributed by atoms with E-state index in [1.54, 1.807) is 0 Å². The summed E-state index contributed by atoms with van der Waals surface area (Å²) in [5.74, 6) is -1.34. The summed E-state index contributed by atoms with van der Waals surface area (Å²) in [5, 5.41) is 13.1. The van der Waals surface area contributed by atoms with Crippen molar-refractivity contribution in [1.82, 2.24) is 20.2 Å². The van der Waals surface area contributed by atoms with E-state index in [0.717, 1.165) is 18.2 Å². The van der Waals surface area contributed by atoms with Gasteiger partial charge >= 0.3 is 0 Å². The summed E-state index contributed by atoms with van der Waals surface area (Å²) in [6.45, 7) is 1.68. The van der Waals surface area contributed by atoms with Crippen molar-refractivity contribution in [2.45, 2.75) is 19.9 Å². The maximum Gasteiger partial charge on any atom is 0.246 e. The summed E-state index contributed by atoms with van der Waals surface area (Å²) in [7, 11) is 0. The van der Waals surface area contributed by atoms with E-state index in [1.807, 2.05) is 6.92 Å². The first kappa shape index (κ1) is 13.1. The van der Waals surface area contributed by atoms with Crippen LogP contribution in [-0.4, -0.2) is 26.1 Å². The van der Waals surface area contributed by atoms with Crippen LogP contribution in [0.4, 0.5) is 14.5 Å². The highest BCUT2D eigenvalue weighted by molar-refractivity contribution is 5.90. The molecule has 0 aliphatic heterocycles. The molecule has 0 radical (unpaired) electrons. The molecule has 2 aromatic rings. The molecule has 0 fully saturated rings. The lowest BCUT2D eigenvalue weighted by molar-refractivity contribution is -0.117. The van der Waals surface area contributed by atoms with Crippen molar-refractivity contribution in [1.29, 1.82) is 0 Å². The molecule has 1 aromatic carbocycles. The van der Waals surface area contributed by atoms with E-state index in [4.69, 9.17) is 0 Å². The number of benzene rings is 1. The van der Waals surface area contributed by atoms with Gasteiger partial charge in [0.25, 0.3) is 0 Å². The average molecular weight is 267 g/mol. The molecule has 6 nitrogen and oxygen atoms in total. The van der Waals surface area contributed by atoms with E-state index in [9.17, 15) is 13.6 Å². The summed E-state index contributed by atoms with van der Waals surface area (Å²) in [6, 6.07) is 2.83. The van der Waals surface area contributed by atoms with Crippen molar-refractivity contribution >= 4 is 11.6 Å². The molecule has 1 amide bonds. The first-order valence-electron chi connectivity index (χ1n) is 5.60. The van der Waals surface area contributed by atoms with Gasteiger partial charge in [0.2, 0.25) is 5.91 Å². The van der Waals surface area contributed by atoms with E-state index in [-0.39, 0.29) is 12.2 Å². The van der Waals surface area contributed by atoms with Crippen molar-refractivity contribution in [2.24, 2.45) is 0 Å². The number of hydrogen-bond donors (Lipinski definition) is 1. The Morgan fingerprint density at radius 1 is 1.42 bits per heavy atom. The summed E-state index contributed by atoms with van der Waals surface area (Å²) in [6.07, 6.45) is 0.564. The van der Waals surface area contributed by atoms with Crippen molar-refractivity contribution < 1.29 is 13.6 Å². The molecule has 19 heavy (non-hydrogen) atoms. The van der Waals surface area contributed by atoms with Crippen LogP contribution in [0.25, 0.3) is 0 Å². The third-order valence-corrected chi connectivity index (χ3v) is 2.42. The van der Waals surface area contributed by atoms with Gasteiger partial charge in [0.1, 0.15) is 18.2 Å². The van der Waals surface area contributed by atoms with Crippen molar-refractivity contribution in [3.05, 3.63) is 35.7 Å². The Morgan fingerprint density at radius 2 is 2.21 bits per heavy atom. The van der Waals surface area contributed by atoms with Gasteiger partial charge in [-0.2, -0.15) is 0 Å². The SMILES string of the molecule is CCc1nnnn1CC(=O)Nc1cc(F)ccc1F. The number of tetrazole rings is 1. The summed E-state index contributed by atoms with van der Waals surface area (Å²) in [5.41, 5.74) is -0.212. The molecule has 8 heteroatoms. The molecule has 0 bridgehead atoms. The normalized spacial score (nSPS) is 10.5. The number of nitrogens with one attached hydrogen (secondary N) is 1. The average Bonchev–Trinajstić information content (AvgIpc) is 2.81. The fraction of sp³-hybridized carbons (Fsp3) is 0.273. The van der Waals surface area contributed by atoms with Crippen molar-refractivity contribution in [3.8, 4) is 0 Å². The van der Waals surface area contributed by atoms with Crippen molar-refractivity contribution in [3.63, 3.8) is 0 Å². The standard InChI is InChI=1S/C11H11F2N5O/c1-2-10-15-16-17-18(10)6-11(19)14-9-5-7(12)3-4-8(9)13/h3-5H,2,6H2,1H3,(H,14,19). The Kier molecular flexibility index (Phi) is 3.79. The molecule has 0 unspecified atom stereocenters. The molecule has 0 saturated carbocycles. The maximum absolute atomic E-state index is 13.3. The van der Waals surface area contributed by atoms with Gasteiger partial charge in [-0.05, 0) is 22.6 Å². The van der Waals surface area contributed by atoms with Gasteiger partial charge in [-0.25, -0.2) is 13.5 Å². The number of aryl methyl sites for hydroxylation is 1. The fourth-order valence-electron chi connectivity index (χ4n) is 1.52. The zero-order valence-electron chi connectivity index (χ0n) is 10.1. The van der Waals surface area contributed by atoms with Crippen LogP contribution in [0.1, 0.15) is 12.7 Å². The van der Waals surface area contributed by atoms with Gasteiger partial charge in [-0.1, -0.05) is 6.92 Å². The van der Waals surface area contributed by atoms with Crippen LogP contribution < -0.4 is 5.32 Å². The van der Waals surface area contributed by atoms with Gasteiger partial charge in [0.15, 0.2) is 5.82 Å². The molecule has 0 aliphatic rings. The van der Waals surface area contributed by atoms with E-state index in [1.165, 1.54) is 4.68 Å². The Balaban J connectivity index is 2.07. The Morgan fingerprint density at radius 3 is 2.95 bits per heavy atom. The lowest BCUT2D eigenvalue weighted by Gasteiger charge is -2.07. The number of rotatable bonds is 4.